The van der Waals surface area contributed by atoms with Crippen molar-refractivity contribution in [3.05, 3.63) is 54.1 Å². The highest BCUT2D eigenvalue weighted by atomic mass is 32.2. The van der Waals surface area contributed by atoms with E-state index in [4.69, 9.17) is 5.26 Å². The number of rotatable bonds is 6. The van der Waals surface area contributed by atoms with Gasteiger partial charge >= 0.3 is 0 Å². The Bertz CT molecular complexity index is 825. The molecule has 144 valence electrons. The summed E-state index contributed by atoms with van der Waals surface area (Å²) < 4.78 is 0. The maximum absolute atomic E-state index is 8.74. The molecule has 0 bridgehead atoms. The molecule has 28 heavy (non-hydrogen) atoms. The Morgan fingerprint density at radius 2 is 1.54 bits per heavy atom. The van der Waals surface area contributed by atoms with Crippen molar-refractivity contribution in [1.82, 2.24) is 0 Å². The first-order valence-electron chi connectivity index (χ1n) is 10.6. The summed E-state index contributed by atoms with van der Waals surface area (Å²) in [4.78, 5) is 0.980. The maximum Gasteiger partial charge on any atom is 0.138 e. The summed E-state index contributed by atoms with van der Waals surface area (Å²) >= 11 is 1.19. The first-order chi connectivity index (χ1) is 13.8. The van der Waals surface area contributed by atoms with Gasteiger partial charge in [0.05, 0.1) is 0 Å². The third-order valence-electron chi connectivity index (χ3n) is 5.72. The third kappa shape index (κ3) is 6.19. The van der Waals surface area contributed by atoms with Gasteiger partial charge in [0, 0.05) is 16.4 Å². The molecule has 1 saturated carbocycles. The number of nitriles is 1. The Morgan fingerprint density at radius 3 is 2.14 bits per heavy atom. The van der Waals surface area contributed by atoms with Crippen LogP contribution in [0.15, 0.2) is 53.4 Å². The van der Waals surface area contributed by atoms with Gasteiger partial charge in [0.15, 0.2) is 0 Å². The molecule has 1 aliphatic rings. The van der Waals surface area contributed by atoms with Gasteiger partial charge in [-0.3, -0.25) is 0 Å². The van der Waals surface area contributed by atoms with Crippen molar-refractivity contribution < 1.29 is 0 Å². The van der Waals surface area contributed by atoms with Gasteiger partial charge in [0.1, 0.15) is 5.40 Å². The van der Waals surface area contributed by atoms with E-state index in [9.17, 15) is 0 Å². The van der Waals surface area contributed by atoms with E-state index in [1.807, 2.05) is 12.1 Å². The van der Waals surface area contributed by atoms with Crippen molar-refractivity contribution in [3.8, 4) is 28.4 Å². The van der Waals surface area contributed by atoms with Crippen LogP contribution in [-0.4, -0.2) is 0 Å². The normalized spacial score (nSPS) is 18.7. The fraction of sp³-hybridized carbons (Fsp3) is 0.423. The highest BCUT2D eigenvalue weighted by molar-refractivity contribution is 8.03. The van der Waals surface area contributed by atoms with Crippen LogP contribution in [0.1, 0.15) is 63.9 Å². The van der Waals surface area contributed by atoms with E-state index in [-0.39, 0.29) is 0 Å². The van der Waals surface area contributed by atoms with Gasteiger partial charge in [0.25, 0.3) is 0 Å². The monoisotopic (exact) mass is 387 g/mol. The molecule has 3 rings (SSSR count). The minimum absolute atomic E-state index is 0.576. The zero-order valence-electron chi connectivity index (χ0n) is 16.8. The summed E-state index contributed by atoms with van der Waals surface area (Å²) in [6, 6.07) is 16.7. The molecule has 1 nitrogen and oxygen atoms in total. The van der Waals surface area contributed by atoms with Crippen LogP contribution in [0.5, 0.6) is 0 Å². The van der Waals surface area contributed by atoms with Crippen LogP contribution in [-0.2, 0) is 0 Å². The third-order valence-corrected chi connectivity index (χ3v) is 6.32. The number of thioether (sulfide) groups is 1. The molecular weight excluding hydrogens is 358 g/mol. The van der Waals surface area contributed by atoms with Gasteiger partial charge in [-0.1, -0.05) is 68.7 Å². The number of hydrogen-bond acceptors (Lipinski definition) is 2. The summed E-state index contributed by atoms with van der Waals surface area (Å²) in [5, 5.41) is 10.8. The molecule has 0 N–H and O–H groups in total. The molecule has 0 amide bonds. The lowest BCUT2D eigenvalue weighted by molar-refractivity contribution is 0.294. The molecule has 0 radical (unpaired) electrons. The molecule has 0 saturated heterocycles. The van der Waals surface area contributed by atoms with E-state index in [0.29, 0.717) is 5.92 Å². The minimum Gasteiger partial charge on any atom is -0.185 e. The fourth-order valence-corrected chi connectivity index (χ4v) is 4.36. The summed E-state index contributed by atoms with van der Waals surface area (Å²) in [5.41, 5.74) is 3.46. The predicted octanol–water partition coefficient (Wildman–Crippen LogP) is 7.66. The Labute approximate surface area is 174 Å². The Morgan fingerprint density at radius 1 is 0.893 bits per heavy atom. The number of benzene rings is 2. The highest BCUT2D eigenvalue weighted by Crippen LogP contribution is 2.31. The van der Waals surface area contributed by atoms with E-state index >= 15 is 0 Å². The average Bonchev–Trinajstić information content (AvgIpc) is 2.75. The quantitative estimate of drug-likeness (QED) is 0.220. The number of nitrogens with zero attached hydrogens (tertiary/aromatic N) is 1. The van der Waals surface area contributed by atoms with Gasteiger partial charge in [0.2, 0.25) is 0 Å². The van der Waals surface area contributed by atoms with Crippen molar-refractivity contribution in [1.29, 1.82) is 5.26 Å². The predicted molar refractivity (Wildman–Crippen MR) is 120 cm³/mol. The lowest BCUT2D eigenvalue weighted by Gasteiger charge is -2.25. The topological polar surface area (TPSA) is 23.8 Å². The molecule has 0 atom stereocenters. The molecule has 0 unspecified atom stereocenters. The van der Waals surface area contributed by atoms with Crippen molar-refractivity contribution in [2.45, 2.75) is 63.2 Å². The average molecular weight is 388 g/mol. The van der Waals surface area contributed by atoms with E-state index in [0.717, 1.165) is 16.4 Å². The molecule has 0 aliphatic heterocycles. The molecule has 2 aromatic carbocycles. The molecule has 2 aromatic rings. The van der Waals surface area contributed by atoms with Crippen molar-refractivity contribution >= 4 is 11.8 Å². The number of hydrogen-bond donors (Lipinski definition) is 0. The van der Waals surface area contributed by atoms with Gasteiger partial charge in [-0.15, -0.1) is 0 Å². The van der Waals surface area contributed by atoms with Gasteiger partial charge in [-0.25, -0.2) is 0 Å². The Hall–Kier alpha value is -2.16. The molecule has 1 aliphatic carbocycles. The van der Waals surface area contributed by atoms with E-state index in [1.54, 1.807) is 0 Å². The molecule has 1 fully saturated rings. The number of unbranched alkanes of at least 4 members (excludes halogenated alkanes) is 2. The van der Waals surface area contributed by atoms with E-state index in [2.05, 4.69) is 60.6 Å². The summed E-state index contributed by atoms with van der Waals surface area (Å²) in [7, 11) is 0. The fourth-order valence-electron chi connectivity index (χ4n) is 3.98. The van der Waals surface area contributed by atoms with Crippen molar-refractivity contribution in [2.24, 2.45) is 11.8 Å². The van der Waals surface area contributed by atoms with Gasteiger partial charge < -0.3 is 0 Å². The van der Waals surface area contributed by atoms with E-state index < -0.39 is 0 Å². The van der Waals surface area contributed by atoms with Crippen LogP contribution in [0.25, 0.3) is 11.1 Å². The Kier molecular flexibility index (Phi) is 8.07. The SMILES string of the molecule is CCCCCC1CCC(C#Cc2ccc(-c3ccc(SC#N)cc3)cc2)CC1. The van der Waals surface area contributed by atoms with Gasteiger partial charge in [-0.05, 0) is 78.8 Å². The van der Waals surface area contributed by atoms with Crippen molar-refractivity contribution in [3.63, 3.8) is 0 Å². The summed E-state index contributed by atoms with van der Waals surface area (Å²) in [5.74, 6) is 8.44. The van der Waals surface area contributed by atoms with Crippen LogP contribution in [0.3, 0.4) is 0 Å². The molecule has 0 spiro atoms. The lowest BCUT2D eigenvalue weighted by Crippen LogP contribution is -2.13. The van der Waals surface area contributed by atoms with E-state index in [1.165, 1.54) is 74.3 Å². The van der Waals surface area contributed by atoms with Crippen LogP contribution in [0.2, 0.25) is 0 Å². The van der Waals surface area contributed by atoms with Gasteiger partial charge in [-0.2, -0.15) is 5.26 Å². The zero-order chi connectivity index (χ0) is 19.6. The molecular formula is C26H29NS. The molecule has 0 aromatic heterocycles. The minimum atomic E-state index is 0.576. The second-order valence-corrected chi connectivity index (χ2v) is 8.64. The molecule has 2 heteroatoms. The smallest absolute Gasteiger partial charge is 0.138 e. The first kappa shape index (κ1) is 20.6. The molecule has 0 heterocycles. The first-order valence-corrected chi connectivity index (χ1v) is 11.4. The second-order valence-electron chi connectivity index (χ2n) is 7.78. The van der Waals surface area contributed by atoms with Crippen molar-refractivity contribution in [2.75, 3.05) is 0 Å². The van der Waals surface area contributed by atoms with Crippen LogP contribution in [0.4, 0.5) is 0 Å². The Balaban J connectivity index is 1.52. The highest BCUT2D eigenvalue weighted by Gasteiger charge is 2.19. The summed E-state index contributed by atoms with van der Waals surface area (Å²) in [6.07, 6.45) is 10.8. The maximum atomic E-state index is 8.74. The van der Waals surface area contributed by atoms with Crippen LogP contribution < -0.4 is 0 Å². The largest absolute Gasteiger partial charge is 0.185 e. The van der Waals surface area contributed by atoms with Crippen LogP contribution in [0, 0.1) is 34.3 Å². The lowest BCUT2D eigenvalue weighted by atomic mass is 9.80. The number of thiocyanates is 1. The standard InChI is InChI=1S/C26H29NS/c1-2-3-4-5-21-6-8-22(9-7-21)10-11-23-12-14-24(15-13-23)25-16-18-26(19-17-25)28-20-27/h12-19,21-22H,2-9H2,1H3. The zero-order valence-corrected chi connectivity index (χ0v) is 17.6. The second kappa shape index (κ2) is 11.0. The summed E-state index contributed by atoms with van der Waals surface area (Å²) in [6.45, 7) is 2.28. The van der Waals surface area contributed by atoms with Crippen LogP contribution >= 0.6 is 11.8 Å².